The first-order valence-corrected chi connectivity index (χ1v) is 6.89. The zero-order valence-electron chi connectivity index (χ0n) is 9.82. The maximum atomic E-state index is 11.8. The van der Waals surface area contributed by atoms with E-state index in [0.29, 0.717) is 11.6 Å². The standard InChI is InChI=1S/C14H13BrN2O/c15-11-6-4-9(5-7-11)8-12-14(18)17-13(16-12)10-2-1-3-10/h4-8,10H,1-3H2,(H,16,17,18)/b12-8+. The van der Waals surface area contributed by atoms with E-state index in [1.165, 1.54) is 6.42 Å². The van der Waals surface area contributed by atoms with Crippen LogP contribution < -0.4 is 5.32 Å². The molecule has 18 heavy (non-hydrogen) atoms. The van der Waals surface area contributed by atoms with Gasteiger partial charge in [-0.3, -0.25) is 4.79 Å². The molecule has 2 aliphatic rings. The number of nitrogens with zero attached hydrogens (tertiary/aromatic N) is 1. The maximum absolute atomic E-state index is 11.8. The van der Waals surface area contributed by atoms with Crippen molar-refractivity contribution in [1.82, 2.24) is 5.32 Å². The molecule has 92 valence electrons. The van der Waals surface area contributed by atoms with Crippen LogP contribution in [0.2, 0.25) is 0 Å². The van der Waals surface area contributed by atoms with Gasteiger partial charge in [0, 0.05) is 10.4 Å². The lowest BCUT2D eigenvalue weighted by molar-refractivity contribution is -0.115. The number of nitrogens with one attached hydrogen (secondary N) is 1. The van der Waals surface area contributed by atoms with Gasteiger partial charge in [-0.2, -0.15) is 0 Å². The van der Waals surface area contributed by atoms with E-state index in [9.17, 15) is 4.79 Å². The molecule has 1 aliphatic carbocycles. The molecule has 1 fully saturated rings. The predicted octanol–water partition coefficient (Wildman–Crippen LogP) is 3.12. The minimum atomic E-state index is -0.0835. The molecule has 3 rings (SSSR count). The van der Waals surface area contributed by atoms with Crippen molar-refractivity contribution < 1.29 is 4.79 Å². The van der Waals surface area contributed by atoms with E-state index >= 15 is 0 Å². The first-order chi connectivity index (χ1) is 8.72. The Morgan fingerprint density at radius 2 is 2.00 bits per heavy atom. The summed E-state index contributed by atoms with van der Waals surface area (Å²) in [5.41, 5.74) is 1.50. The Labute approximate surface area is 114 Å². The van der Waals surface area contributed by atoms with E-state index < -0.39 is 0 Å². The van der Waals surface area contributed by atoms with Crippen molar-refractivity contribution >= 4 is 33.7 Å². The minimum absolute atomic E-state index is 0.0835. The molecule has 0 unspecified atom stereocenters. The number of amides is 1. The van der Waals surface area contributed by atoms with Crippen LogP contribution >= 0.6 is 15.9 Å². The molecule has 0 spiro atoms. The highest BCUT2D eigenvalue weighted by molar-refractivity contribution is 9.10. The van der Waals surface area contributed by atoms with Gasteiger partial charge in [-0.1, -0.05) is 34.5 Å². The van der Waals surface area contributed by atoms with Crippen LogP contribution in [0.4, 0.5) is 0 Å². The molecule has 3 nitrogen and oxygen atoms in total. The molecule has 0 bridgehead atoms. The number of benzene rings is 1. The number of amidine groups is 1. The lowest BCUT2D eigenvalue weighted by Crippen LogP contribution is -2.33. The largest absolute Gasteiger partial charge is 0.308 e. The highest BCUT2D eigenvalue weighted by Gasteiger charge is 2.30. The third-order valence-corrected chi connectivity index (χ3v) is 3.91. The zero-order valence-corrected chi connectivity index (χ0v) is 11.4. The quantitative estimate of drug-likeness (QED) is 0.838. The first kappa shape index (κ1) is 11.7. The number of hydrogen-bond acceptors (Lipinski definition) is 2. The first-order valence-electron chi connectivity index (χ1n) is 6.09. The Bertz CT molecular complexity index is 541. The van der Waals surface area contributed by atoms with Crippen molar-refractivity contribution in [1.29, 1.82) is 0 Å². The number of carbonyl (C=O) groups is 1. The number of carbonyl (C=O) groups excluding carboxylic acids is 1. The molecular weight excluding hydrogens is 292 g/mol. The predicted molar refractivity (Wildman–Crippen MR) is 75.0 cm³/mol. The Balaban J connectivity index is 1.84. The summed E-state index contributed by atoms with van der Waals surface area (Å²) in [5.74, 6) is 1.24. The Hall–Kier alpha value is -1.42. The van der Waals surface area contributed by atoms with Crippen LogP contribution in [0.15, 0.2) is 39.4 Å². The van der Waals surface area contributed by atoms with Crippen molar-refractivity contribution in [2.45, 2.75) is 19.3 Å². The van der Waals surface area contributed by atoms with Gasteiger partial charge in [0.2, 0.25) is 0 Å². The fourth-order valence-corrected chi connectivity index (χ4v) is 2.34. The van der Waals surface area contributed by atoms with Crippen molar-refractivity contribution in [3.63, 3.8) is 0 Å². The normalized spacial score (nSPS) is 21.7. The molecule has 1 heterocycles. The monoisotopic (exact) mass is 304 g/mol. The second kappa shape index (κ2) is 4.69. The van der Waals surface area contributed by atoms with E-state index in [1.54, 1.807) is 0 Å². The van der Waals surface area contributed by atoms with Gasteiger partial charge in [-0.05, 0) is 36.6 Å². The third-order valence-electron chi connectivity index (χ3n) is 3.38. The van der Waals surface area contributed by atoms with Gasteiger partial charge in [0.05, 0.1) is 0 Å². The Morgan fingerprint density at radius 3 is 2.61 bits per heavy atom. The van der Waals surface area contributed by atoms with E-state index in [-0.39, 0.29) is 5.91 Å². The van der Waals surface area contributed by atoms with Crippen LogP contribution in [0, 0.1) is 5.92 Å². The molecule has 4 heteroatoms. The fourth-order valence-electron chi connectivity index (χ4n) is 2.08. The van der Waals surface area contributed by atoms with Gasteiger partial charge in [0.1, 0.15) is 11.5 Å². The van der Waals surface area contributed by atoms with E-state index in [4.69, 9.17) is 0 Å². The molecule has 0 aromatic heterocycles. The van der Waals surface area contributed by atoms with E-state index in [1.807, 2.05) is 30.3 Å². The van der Waals surface area contributed by atoms with Crippen molar-refractivity contribution in [3.8, 4) is 0 Å². The van der Waals surface area contributed by atoms with Crippen molar-refractivity contribution in [3.05, 3.63) is 40.0 Å². The van der Waals surface area contributed by atoms with Gasteiger partial charge in [-0.15, -0.1) is 0 Å². The van der Waals surface area contributed by atoms with Crippen LogP contribution in [-0.2, 0) is 4.79 Å². The lowest BCUT2D eigenvalue weighted by atomic mass is 9.84. The van der Waals surface area contributed by atoms with Crippen LogP contribution in [0.1, 0.15) is 24.8 Å². The topological polar surface area (TPSA) is 41.5 Å². The molecule has 0 saturated heterocycles. The summed E-state index contributed by atoms with van der Waals surface area (Å²) in [5, 5.41) is 2.87. The number of rotatable bonds is 2. The van der Waals surface area contributed by atoms with Gasteiger partial charge < -0.3 is 5.32 Å². The maximum Gasteiger partial charge on any atom is 0.275 e. The van der Waals surface area contributed by atoms with Gasteiger partial charge in [0.25, 0.3) is 5.91 Å². The minimum Gasteiger partial charge on any atom is -0.308 e. The third kappa shape index (κ3) is 2.25. The molecule has 1 aromatic rings. The van der Waals surface area contributed by atoms with Gasteiger partial charge in [-0.25, -0.2) is 4.99 Å². The summed E-state index contributed by atoms with van der Waals surface area (Å²) in [7, 11) is 0. The average molecular weight is 305 g/mol. The van der Waals surface area contributed by atoms with Crippen LogP contribution in [-0.4, -0.2) is 11.7 Å². The summed E-state index contributed by atoms with van der Waals surface area (Å²) in [6.07, 6.45) is 5.36. The van der Waals surface area contributed by atoms with Crippen molar-refractivity contribution in [2.24, 2.45) is 10.9 Å². The summed E-state index contributed by atoms with van der Waals surface area (Å²) in [6, 6.07) is 7.83. The van der Waals surface area contributed by atoms with Crippen molar-refractivity contribution in [2.75, 3.05) is 0 Å². The average Bonchev–Trinajstić information content (AvgIpc) is 2.61. The van der Waals surface area contributed by atoms with Crippen LogP contribution in [0.3, 0.4) is 0 Å². The molecule has 1 amide bonds. The van der Waals surface area contributed by atoms with Crippen LogP contribution in [0.5, 0.6) is 0 Å². The Kier molecular flexibility index (Phi) is 3.04. The highest BCUT2D eigenvalue weighted by atomic mass is 79.9. The summed E-state index contributed by atoms with van der Waals surface area (Å²) in [6.45, 7) is 0. The fraction of sp³-hybridized carbons (Fsp3) is 0.286. The van der Waals surface area contributed by atoms with E-state index in [2.05, 4.69) is 26.2 Å². The van der Waals surface area contributed by atoms with Crippen LogP contribution in [0.25, 0.3) is 6.08 Å². The molecule has 0 atom stereocenters. The summed E-state index contributed by atoms with van der Waals surface area (Å²) in [4.78, 5) is 16.2. The second-order valence-electron chi connectivity index (χ2n) is 4.66. The molecule has 1 aromatic carbocycles. The molecular formula is C14H13BrN2O. The highest BCUT2D eigenvalue weighted by Crippen LogP contribution is 2.29. The SMILES string of the molecule is O=C1NC(C2CCC2)=N/C1=C/c1ccc(Br)cc1. The lowest BCUT2D eigenvalue weighted by Gasteiger charge is -2.24. The summed E-state index contributed by atoms with van der Waals surface area (Å²) < 4.78 is 1.03. The Morgan fingerprint density at radius 1 is 1.28 bits per heavy atom. The number of hydrogen-bond donors (Lipinski definition) is 1. The van der Waals surface area contributed by atoms with Gasteiger partial charge >= 0.3 is 0 Å². The number of aliphatic imine (C=N–C) groups is 1. The molecule has 1 saturated carbocycles. The number of halogens is 1. The summed E-state index contributed by atoms with van der Waals surface area (Å²) >= 11 is 3.39. The van der Waals surface area contributed by atoms with E-state index in [0.717, 1.165) is 28.7 Å². The molecule has 1 N–H and O–H groups in total. The molecule has 1 aliphatic heterocycles. The van der Waals surface area contributed by atoms with Gasteiger partial charge in [0.15, 0.2) is 0 Å². The second-order valence-corrected chi connectivity index (χ2v) is 5.58. The zero-order chi connectivity index (χ0) is 12.5. The molecule has 0 radical (unpaired) electrons. The smallest absolute Gasteiger partial charge is 0.275 e.